The molecule has 9 heteroatoms. The van der Waals surface area contributed by atoms with Gasteiger partial charge in [0.05, 0.1) is 5.56 Å². The molecule has 0 amide bonds. The molecule has 6 aromatic rings. The van der Waals surface area contributed by atoms with E-state index in [9.17, 15) is 26.3 Å². The zero-order valence-corrected chi connectivity index (χ0v) is 21.7. The molecule has 0 aliphatic rings. The second kappa shape index (κ2) is 8.39. The highest BCUT2D eigenvalue weighted by molar-refractivity contribution is 7.17. The summed E-state index contributed by atoms with van der Waals surface area (Å²) in [6.07, 6.45) is -10.2. The van der Waals surface area contributed by atoms with Crippen molar-refractivity contribution in [2.45, 2.75) is 38.5 Å². The van der Waals surface area contributed by atoms with Gasteiger partial charge >= 0.3 is 12.4 Å². The van der Waals surface area contributed by atoms with Crippen LogP contribution in [-0.2, 0) is 17.8 Å². The van der Waals surface area contributed by atoms with Crippen LogP contribution in [0.1, 0.15) is 37.6 Å². The molecule has 2 heterocycles. The summed E-state index contributed by atoms with van der Waals surface area (Å²) in [7, 11) is 0. The van der Waals surface area contributed by atoms with E-state index in [1.807, 2.05) is 38.3 Å². The maximum atomic E-state index is 14.5. The molecule has 0 N–H and O–H groups in total. The van der Waals surface area contributed by atoms with Crippen molar-refractivity contribution in [2.75, 3.05) is 0 Å². The van der Waals surface area contributed by atoms with Gasteiger partial charge < -0.3 is 0 Å². The number of fused-ring (bicyclic) bond motifs is 4. The van der Waals surface area contributed by atoms with Crippen LogP contribution in [0, 0.1) is 0 Å². The fraction of sp³-hybridized carbons (Fsp3) is 0.200. The van der Waals surface area contributed by atoms with E-state index in [-0.39, 0.29) is 27.3 Å². The van der Waals surface area contributed by atoms with Crippen molar-refractivity contribution in [3.8, 4) is 11.3 Å². The van der Waals surface area contributed by atoms with Gasteiger partial charge in [0.25, 0.3) is 0 Å². The molecule has 6 rings (SSSR count). The smallest absolute Gasteiger partial charge is 0.166 e. The molecule has 0 bridgehead atoms. The molecular weight excluding hydrogens is 534 g/mol. The highest BCUT2D eigenvalue weighted by Gasteiger charge is 2.43. The molecule has 4 aromatic carbocycles. The SMILES string of the molecule is CC(C)(C)c1cc(-c2nnc(C(F)(F)F)c3c(C(F)(F)F)c4ccccc4cc23)cc2cc3ccsc3cc12. The summed E-state index contributed by atoms with van der Waals surface area (Å²) < 4.78 is 86.8. The molecule has 198 valence electrons. The second-order valence-corrected chi connectivity index (χ2v) is 11.5. The highest BCUT2D eigenvalue weighted by atomic mass is 32.1. The van der Waals surface area contributed by atoms with Gasteiger partial charge in [-0.1, -0.05) is 45.0 Å². The van der Waals surface area contributed by atoms with E-state index >= 15 is 0 Å². The Labute approximate surface area is 222 Å². The third kappa shape index (κ3) is 4.19. The standard InChI is InChI=1S/C30H20F6N2S/c1-28(2,3)22-13-18(11-17-10-16-8-9-39-23(16)14-20(17)22)26-21-12-15-6-4-5-7-19(15)25(29(31,32)33)24(21)27(38-37-26)30(34,35)36/h4-14H,1-3H3. The number of halogens is 6. The Hall–Kier alpha value is -3.72. The average Bonchev–Trinajstić information content (AvgIpc) is 3.30. The van der Waals surface area contributed by atoms with Gasteiger partial charge in [-0.25, -0.2) is 0 Å². The van der Waals surface area contributed by atoms with E-state index in [0.717, 1.165) is 26.4 Å². The van der Waals surface area contributed by atoms with E-state index in [2.05, 4.69) is 16.3 Å². The largest absolute Gasteiger partial charge is 0.435 e. The Bertz CT molecular complexity index is 1930. The van der Waals surface area contributed by atoms with Crippen molar-refractivity contribution < 1.29 is 26.3 Å². The summed E-state index contributed by atoms with van der Waals surface area (Å²) in [4.78, 5) is 0. The van der Waals surface area contributed by atoms with Crippen molar-refractivity contribution in [1.82, 2.24) is 10.2 Å². The van der Waals surface area contributed by atoms with Gasteiger partial charge in [0.15, 0.2) is 5.69 Å². The van der Waals surface area contributed by atoms with E-state index in [1.165, 1.54) is 24.3 Å². The van der Waals surface area contributed by atoms with Crippen LogP contribution in [0.15, 0.2) is 66.0 Å². The van der Waals surface area contributed by atoms with Gasteiger partial charge in [0, 0.05) is 21.0 Å². The molecule has 2 aromatic heterocycles. The molecule has 0 unspecified atom stereocenters. The summed E-state index contributed by atoms with van der Waals surface area (Å²) in [5.74, 6) is 0. The predicted molar refractivity (Wildman–Crippen MR) is 144 cm³/mol. The number of hydrogen-bond acceptors (Lipinski definition) is 3. The van der Waals surface area contributed by atoms with Crippen LogP contribution in [0.25, 0.3) is 53.7 Å². The summed E-state index contributed by atoms with van der Waals surface area (Å²) in [5.41, 5.74) is -2.13. The zero-order valence-electron chi connectivity index (χ0n) is 20.9. The maximum Gasteiger partial charge on any atom is 0.435 e. The molecule has 0 aliphatic heterocycles. The molecular formula is C30H20F6N2S. The minimum atomic E-state index is -5.14. The Kier molecular flexibility index (Phi) is 5.50. The van der Waals surface area contributed by atoms with Crippen LogP contribution in [0.3, 0.4) is 0 Å². The summed E-state index contributed by atoms with van der Waals surface area (Å²) >= 11 is 1.60. The lowest BCUT2D eigenvalue weighted by molar-refractivity contribution is -0.142. The molecule has 2 nitrogen and oxygen atoms in total. The van der Waals surface area contributed by atoms with E-state index in [4.69, 9.17) is 0 Å². The van der Waals surface area contributed by atoms with Crippen molar-refractivity contribution >= 4 is 53.7 Å². The third-order valence-corrected chi connectivity index (χ3v) is 7.83. The van der Waals surface area contributed by atoms with Gasteiger partial charge in [-0.2, -0.15) is 26.3 Å². The fourth-order valence-electron chi connectivity index (χ4n) is 5.27. The van der Waals surface area contributed by atoms with Crippen LogP contribution < -0.4 is 0 Å². The molecule has 0 saturated heterocycles. The van der Waals surface area contributed by atoms with Gasteiger partial charge in [-0.15, -0.1) is 21.5 Å². The Balaban J connectivity index is 1.79. The quantitative estimate of drug-likeness (QED) is 0.149. The number of nitrogens with zero attached hydrogens (tertiary/aromatic N) is 2. The molecule has 0 aliphatic carbocycles. The van der Waals surface area contributed by atoms with Crippen LogP contribution in [0.2, 0.25) is 0 Å². The van der Waals surface area contributed by atoms with Gasteiger partial charge in [0.1, 0.15) is 5.69 Å². The summed E-state index contributed by atoms with van der Waals surface area (Å²) in [6.45, 7) is 6.03. The first-order valence-corrected chi connectivity index (χ1v) is 12.9. The Morgan fingerprint density at radius 3 is 2.10 bits per heavy atom. The molecule has 39 heavy (non-hydrogen) atoms. The molecule has 0 radical (unpaired) electrons. The van der Waals surface area contributed by atoms with Gasteiger partial charge in [0.2, 0.25) is 0 Å². The van der Waals surface area contributed by atoms with Crippen LogP contribution in [-0.4, -0.2) is 10.2 Å². The molecule has 0 saturated carbocycles. The van der Waals surface area contributed by atoms with E-state index < -0.39 is 29.0 Å². The number of aromatic nitrogens is 2. The minimum absolute atomic E-state index is 0.0351. The molecule has 0 atom stereocenters. The lowest BCUT2D eigenvalue weighted by atomic mass is 9.81. The Morgan fingerprint density at radius 2 is 1.41 bits per heavy atom. The van der Waals surface area contributed by atoms with Crippen LogP contribution in [0.5, 0.6) is 0 Å². The number of benzene rings is 4. The van der Waals surface area contributed by atoms with Gasteiger partial charge in [-0.05, 0) is 79.7 Å². The van der Waals surface area contributed by atoms with Crippen molar-refractivity contribution in [1.29, 1.82) is 0 Å². The third-order valence-electron chi connectivity index (χ3n) is 6.95. The van der Waals surface area contributed by atoms with Crippen LogP contribution in [0.4, 0.5) is 26.3 Å². The number of alkyl halides is 6. The van der Waals surface area contributed by atoms with Crippen LogP contribution >= 0.6 is 11.3 Å². The number of rotatable bonds is 1. The first-order chi connectivity index (χ1) is 18.2. The lowest BCUT2D eigenvalue weighted by Crippen LogP contribution is -2.16. The highest BCUT2D eigenvalue weighted by Crippen LogP contribution is 2.47. The second-order valence-electron chi connectivity index (χ2n) is 10.6. The predicted octanol–water partition coefficient (Wildman–Crippen LogP) is 10.2. The maximum absolute atomic E-state index is 14.5. The van der Waals surface area contributed by atoms with Crippen molar-refractivity contribution in [3.63, 3.8) is 0 Å². The number of hydrogen-bond donors (Lipinski definition) is 0. The fourth-order valence-corrected chi connectivity index (χ4v) is 6.08. The normalized spacial score (nSPS) is 13.3. The lowest BCUT2D eigenvalue weighted by Gasteiger charge is -2.23. The topological polar surface area (TPSA) is 25.8 Å². The van der Waals surface area contributed by atoms with E-state index in [0.29, 0.717) is 5.56 Å². The van der Waals surface area contributed by atoms with Crippen molar-refractivity contribution in [3.05, 3.63) is 82.9 Å². The summed E-state index contributed by atoms with van der Waals surface area (Å²) in [6, 6.07) is 16.5. The first-order valence-electron chi connectivity index (χ1n) is 12.1. The van der Waals surface area contributed by atoms with E-state index in [1.54, 1.807) is 29.5 Å². The monoisotopic (exact) mass is 554 g/mol. The molecule has 0 fully saturated rings. The Morgan fingerprint density at radius 1 is 0.667 bits per heavy atom. The minimum Gasteiger partial charge on any atom is -0.166 e. The average molecular weight is 555 g/mol. The first kappa shape index (κ1) is 25.6. The molecule has 0 spiro atoms. The van der Waals surface area contributed by atoms with Crippen molar-refractivity contribution in [2.24, 2.45) is 0 Å². The number of thiophene rings is 1. The zero-order chi connectivity index (χ0) is 27.9. The van der Waals surface area contributed by atoms with Gasteiger partial charge in [-0.3, -0.25) is 0 Å². The summed E-state index contributed by atoms with van der Waals surface area (Å²) in [5, 5.41) is 10.6.